The molecule has 1 unspecified atom stereocenters. The minimum absolute atomic E-state index is 0.216. The van der Waals surface area contributed by atoms with Gasteiger partial charge in [0.2, 0.25) is 0 Å². The summed E-state index contributed by atoms with van der Waals surface area (Å²) in [5.74, 6) is -1.35. The van der Waals surface area contributed by atoms with Gasteiger partial charge < -0.3 is 10.6 Å². The summed E-state index contributed by atoms with van der Waals surface area (Å²) in [5.41, 5.74) is 4.95. The summed E-state index contributed by atoms with van der Waals surface area (Å²) in [6.07, 6.45) is 4.02. The van der Waals surface area contributed by atoms with E-state index in [0.29, 0.717) is 6.54 Å². The number of rotatable bonds is 1. The lowest BCUT2D eigenvalue weighted by atomic mass is 10.00. The van der Waals surface area contributed by atoms with Gasteiger partial charge in [0.25, 0.3) is 0 Å². The molecule has 1 rings (SSSR count). The highest BCUT2D eigenvalue weighted by Gasteiger charge is 2.27. The molecule has 0 aromatic carbocycles. The molecule has 88 valence electrons. The van der Waals surface area contributed by atoms with Crippen molar-refractivity contribution in [2.75, 3.05) is 6.54 Å². The van der Waals surface area contributed by atoms with Gasteiger partial charge in [-0.25, -0.2) is 0 Å². The van der Waals surface area contributed by atoms with Gasteiger partial charge in [0.15, 0.2) is 0 Å². The zero-order valence-electron chi connectivity index (χ0n) is 9.95. The maximum atomic E-state index is 11.3. The van der Waals surface area contributed by atoms with E-state index < -0.39 is 11.8 Å². The molecule has 4 heteroatoms. The van der Waals surface area contributed by atoms with Gasteiger partial charge in [-0.15, -0.1) is 0 Å². The van der Waals surface area contributed by atoms with Gasteiger partial charge in [-0.2, -0.15) is 0 Å². The molecule has 0 aromatic heterocycles. The van der Waals surface area contributed by atoms with Crippen LogP contribution in [0.2, 0.25) is 0 Å². The summed E-state index contributed by atoms with van der Waals surface area (Å²) in [4.78, 5) is 23.6. The van der Waals surface area contributed by atoms with Crippen molar-refractivity contribution in [2.24, 2.45) is 5.73 Å². The van der Waals surface area contributed by atoms with Crippen LogP contribution in [0, 0.1) is 0 Å². The Kier molecular flexibility index (Phi) is 6.75. The van der Waals surface area contributed by atoms with Crippen molar-refractivity contribution in [3.8, 4) is 0 Å². The number of hydrogen-bond acceptors (Lipinski definition) is 2. The number of amides is 2. The minimum atomic E-state index is -0.833. The summed E-state index contributed by atoms with van der Waals surface area (Å²) < 4.78 is 0. The smallest absolute Gasteiger partial charge is 0.311 e. The number of hydrogen-bond donors (Lipinski definition) is 1. The predicted octanol–water partition coefficient (Wildman–Crippen LogP) is 1.29. The van der Waals surface area contributed by atoms with Crippen LogP contribution in [0.1, 0.15) is 46.5 Å². The largest absolute Gasteiger partial charge is 0.361 e. The van der Waals surface area contributed by atoms with Gasteiger partial charge in [0.05, 0.1) is 0 Å². The summed E-state index contributed by atoms with van der Waals surface area (Å²) in [6, 6.07) is 0.216. The highest BCUT2D eigenvalue weighted by Crippen LogP contribution is 2.19. The van der Waals surface area contributed by atoms with Crippen LogP contribution >= 0.6 is 0 Å². The lowest BCUT2D eigenvalue weighted by Gasteiger charge is -2.34. The van der Waals surface area contributed by atoms with Crippen molar-refractivity contribution in [1.82, 2.24) is 4.90 Å². The second-order valence-corrected chi connectivity index (χ2v) is 3.42. The van der Waals surface area contributed by atoms with Crippen LogP contribution in [0.3, 0.4) is 0 Å². The summed E-state index contributed by atoms with van der Waals surface area (Å²) in [5, 5.41) is 0. The number of likely N-dealkylation sites (tertiary alicyclic amines) is 1. The normalized spacial score (nSPS) is 20.2. The fraction of sp³-hybridized carbons (Fsp3) is 0.818. The molecule has 0 spiro atoms. The number of nitrogens with zero attached hydrogens (tertiary/aromatic N) is 1. The van der Waals surface area contributed by atoms with Gasteiger partial charge in [0.1, 0.15) is 0 Å². The van der Waals surface area contributed by atoms with Crippen molar-refractivity contribution in [3.05, 3.63) is 0 Å². The Hall–Kier alpha value is -1.06. The molecule has 1 heterocycles. The molecule has 0 aliphatic carbocycles. The van der Waals surface area contributed by atoms with E-state index in [4.69, 9.17) is 5.73 Å². The molecule has 1 atom stereocenters. The monoisotopic (exact) mass is 214 g/mol. The topological polar surface area (TPSA) is 63.4 Å². The van der Waals surface area contributed by atoms with E-state index >= 15 is 0 Å². The highest BCUT2D eigenvalue weighted by molar-refractivity contribution is 6.34. The number of nitrogens with two attached hydrogens (primary N) is 1. The van der Waals surface area contributed by atoms with Gasteiger partial charge in [-0.3, -0.25) is 9.59 Å². The molecule has 1 aliphatic rings. The third-order valence-corrected chi connectivity index (χ3v) is 2.57. The van der Waals surface area contributed by atoms with E-state index in [9.17, 15) is 9.59 Å². The third kappa shape index (κ3) is 3.90. The Balaban J connectivity index is 0.000000921. The molecule has 0 bridgehead atoms. The molecule has 2 amide bonds. The first-order valence-electron chi connectivity index (χ1n) is 5.77. The van der Waals surface area contributed by atoms with Crippen LogP contribution in [0.25, 0.3) is 0 Å². The zero-order valence-corrected chi connectivity index (χ0v) is 9.95. The highest BCUT2D eigenvalue weighted by atomic mass is 16.2. The van der Waals surface area contributed by atoms with Crippen LogP contribution in [-0.4, -0.2) is 29.3 Å². The number of primary amides is 1. The summed E-state index contributed by atoms with van der Waals surface area (Å²) in [7, 11) is 0. The number of piperidine rings is 1. The predicted molar refractivity (Wildman–Crippen MR) is 60.2 cm³/mol. The van der Waals surface area contributed by atoms with Crippen molar-refractivity contribution >= 4 is 11.8 Å². The van der Waals surface area contributed by atoms with Gasteiger partial charge >= 0.3 is 11.8 Å². The SMILES string of the molecule is CC.CCC1CCCCN1C(=O)C(N)=O. The molecule has 0 aromatic rings. The fourth-order valence-corrected chi connectivity index (χ4v) is 1.83. The second-order valence-electron chi connectivity index (χ2n) is 3.42. The molecule has 15 heavy (non-hydrogen) atoms. The van der Waals surface area contributed by atoms with E-state index in [1.54, 1.807) is 4.90 Å². The van der Waals surface area contributed by atoms with Crippen LogP contribution in [0.15, 0.2) is 0 Å². The van der Waals surface area contributed by atoms with E-state index in [2.05, 4.69) is 0 Å². The maximum absolute atomic E-state index is 11.3. The van der Waals surface area contributed by atoms with Crippen molar-refractivity contribution < 1.29 is 9.59 Å². The first-order chi connectivity index (χ1) is 7.16. The van der Waals surface area contributed by atoms with Crippen LogP contribution in [-0.2, 0) is 9.59 Å². The van der Waals surface area contributed by atoms with Gasteiger partial charge in [0, 0.05) is 12.6 Å². The Bertz CT molecular complexity index is 217. The van der Waals surface area contributed by atoms with E-state index in [1.807, 2.05) is 20.8 Å². The molecule has 1 aliphatic heterocycles. The maximum Gasteiger partial charge on any atom is 0.311 e. The molecule has 0 radical (unpaired) electrons. The van der Waals surface area contributed by atoms with Crippen molar-refractivity contribution in [1.29, 1.82) is 0 Å². The average molecular weight is 214 g/mol. The van der Waals surface area contributed by atoms with Crippen molar-refractivity contribution in [2.45, 2.75) is 52.5 Å². The summed E-state index contributed by atoms with van der Waals surface area (Å²) in [6.45, 7) is 6.71. The number of carbonyl (C=O) groups excluding carboxylic acids is 2. The molecule has 1 fully saturated rings. The van der Waals surface area contributed by atoms with E-state index in [1.165, 1.54) is 0 Å². The molecule has 2 N–H and O–H groups in total. The van der Waals surface area contributed by atoms with Crippen LogP contribution in [0.5, 0.6) is 0 Å². The number of carbonyl (C=O) groups is 2. The first kappa shape index (κ1) is 13.9. The van der Waals surface area contributed by atoms with Crippen molar-refractivity contribution in [3.63, 3.8) is 0 Å². The lowest BCUT2D eigenvalue weighted by Crippen LogP contribution is -2.48. The Morgan fingerprint density at radius 2 is 1.93 bits per heavy atom. The molecule has 1 saturated heterocycles. The average Bonchev–Trinajstić information content (AvgIpc) is 2.30. The molecular weight excluding hydrogens is 192 g/mol. The standard InChI is InChI=1S/C9H16N2O2.C2H6/c1-2-7-5-3-4-6-11(7)9(13)8(10)12;1-2/h7H,2-6H2,1H3,(H2,10,12);1-2H3. The van der Waals surface area contributed by atoms with E-state index in [-0.39, 0.29) is 6.04 Å². The third-order valence-electron chi connectivity index (χ3n) is 2.57. The van der Waals surface area contributed by atoms with Gasteiger partial charge in [-0.05, 0) is 25.7 Å². The van der Waals surface area contributed by atoms with Crippen LogP contribution in [0.4, 0.5) is 0 Å². The fourth-order valence-electron chi connectivity index (χ4n) is 1.83. The first-order valence-corrected chi connectivity index (χ1v) is 5.77. The van der Waals surface area contributed by atoms with Gasteiger partial charge in [-0.1, -0.05) is 20.8 Å². The van der Waals surface area contributed by atoms with E-state index in [0.717, 1.165) is 25.7 Å². The quantitative estimate of drug-likeness (QED) is 0.668. The second kappa shape index (κ2) is 7.26. The summed E-state index contributed by atoms with van der Waals surface area (Å²) >= 11 is 0. The molecule has 4 nitrogen and oxygen atoms in total. The molecule has 0 saturated carbocycles. The Labute approximate surface area is 91.8 Å². The zero-order chi connectivity index (χ0) is 11.8. The minimum Gasteiger partial charge on any atom is -0.361 e. The van der Waals surface area contributed by atoms with Crippen LogP contribution < -0.4 is 5.73 Å². The Morgan fingerprint density at radius 1 is 1.33 bits per heavy atom. The Morgan fingerprint density at radius 3 is 2.40 bits per heavy atom. The lowest BCUT2D eigenvalue weighted by molar-refractivity contribution is -0.146. The molecular formula is C11H22N2O2.